The summed E-state index contributed by atoms with van der Waals surface area (Å²) in [6, 6.07) is 20.0. The van der Waals surface area contributed by atoms with Crippen molar-refractivity contribution in [2.45, 2.75) is 0 Å². The zero-order chi connectivity index (χ0) is 17.4. The molecule has 0 fully saturated rings. The molecule has 0 aliphatic carbocycles. The van der Waals surface area contributed by atoms with Crippen LogP contribution in [0.5, 0.6) is 11.5 Å². The molecule has 0 bridgehead atoms. The number of fused-ring (bicyclic) bond motifs is 2. The molecule has 0 aliphatic heterocycles. The maximum absolute atomic E-state index is 6.06. The van der Waals surface area contributed by atoms with E-state index in [0.29, 0.717) is 17.2 Å². The quantitative estimate of drug-likeness (QED) is 0.439. The number of ether oxygens (including phenoxy) is 2. The van der Waals surface area contributed by atoms with Crippen LogP contribution in [0.4, 0.5) is 5.69 Å². The number of hydrogen-bond acceptors (Lipinski definition) is 4. The standard InChI is InChI=1S/C21H18N2O2/c1-24-19-12-16(22)20(25-2)11-15(19)21-13-7-3-5-9-17(13)23-18-10-6-4-8-14(18)21/h3-12H,22H2,1-2H3. The fourth-order valence-electron chi connectivity index (χ4n) is 3.25. The predicted molar refractivity (Wildman–Crippen MR) is 102 cm³/mol. The minimum Gasteiger partial charge on any atom is -0.496 e. The number of benzene rings is 3. The predicted octanol–water partition coefficient (Wildman–Crippen LogP) is 4.65. The molecule has 124 valence electrons. The minimum atomic E-state index is 0.547. The highest BCUT2D eigenvalue weighted by molar-refractivity contribution is 6.10. The Morgan fingerprint density at radius 1 is 0.760 bits per heavy atom. The first-order valence-corrected chi connectivity index (χ1v) is 8.02. The Balaban J connectivity index is 2.19. The van der Waals surface area contributed by atoms with Crippen molar-refractivity contribution in [1.82, 2.24) is 4.98 Å². The number of anilines is 1. The highest BCUT2D eigenvalue weighted by Crippen LogP contribution is 2.43. The van der Waals surface area contributed by atoms with Gasteiger partial charge in [0.25, 0.3) is 0 Å². The molecule has 4 aromatic rings. The average Bonchev–Trinajstić information content (AvgIpc) is 2.66. The molecule has 0 saturated heterocycles. The second kappa shape index (κ2) is 5.98. The van der Waals surface area contributed by atoms with Crippen molar-refractivity contribution in [2.75, 3.05) is 20.0 Å². The number of hydrogen-bond donors (Lipinski definition) is 1. The molecule has 4 rings (SSSR count). The third kappa shape index (κ3) is 2.43. The Kier molecular flexibility index (Phi) is 3.65. The number of aromatic nitrogens is 1. The van der Waals surface area contributed by atoms with Crippen LogP contribution in [0.1, 0.15) is 0 Å². The fourth-order valence-corrected chi connectivity index (χ4v) is 3.25. The second-order valence-corrected chi connectivity index (χ2v) is 5.82. The van der Waals surface area contributed by atoms with Crippen molar-refractivity contribution in [3.8, 4) is 22.6 Å². The van der Waals surface area contributed by atoms with Crippen LogP contribution in [0.3, 0.4) is 0 Å². The molecular weight excluding hydrogens is 312 g/mol. The Bertz CT molecular complexity index is 1040. The lowest BCUT2D eigenvalue weighted by molar-refractivity contribution is 0.406. The van der Waals surface area contributed by atoms with Crippen LogP contribution in [0.25, 0.3) is 32.9 Å². The Morgan fingerprint density at radius 2 is 1.32 bits per heavy atom. The van der Waals surface area contributed by atoms with Crippen LogP contribution in [-0.4, -0.2) is 19.2 Å². The van der Waals surface area contributed by atoms with E-state index in [0.717, 1.165) is 32.9 Å². The zero-order valence-corrected chi connectivity index (χ0v) is 14.1. The summed E-state index contributed by atoms with van der Waals surface area (Å²) in [4.78, 5) is 4.78. The summed E-state index contributed by atoms with van der Waals surface area (Å²) in [5.74, 6) is 1.33. The van der Waals surface area contributed by atoms with Gasteiger partial charge in [-0.05, 0) is 18.2 Å². The summed E-state index contributed by atoms with van der Waals surface area (Å²) >= 11 is 0. The van der Waals surface area contributed by atoms with E-state index in [1.165, 1.54) is 0 Å². The molecule has 2 N–H and O–H groups in total. The average molecular weight is 330 g/mol. The summed E-state index contributed by atoms with van der Waals surface area (Å²) < 4.78 is 11.1. The van der Waals surface area contributed by atoms with Crippen molar-refractivity contribution in [2.24, 2.45) is 0 Å². The third-order valence-electron chi connectivity index (χ3n) is 4.41. The van der Waals surface area contributed by atoms with Crippen molar-refractivity contribution >= 4 is 27.5 Å². The summed E-state index contributed by atoms with van der Waals surface area (Å²) in [6.45, 7) is 0. The van der Waals surface area contributed by atoms with E-state index in [1.807, 2.05) is 42.5 Å². The number of methoxy groups -OCH3 is 2. The molecule has 1 aromatic heterocycles. The van der Waals surface area contributed by atoms with Gasteiger partial charge >= 0.3 is 0 Å². The van der Waals surface area contributed by atoms with Crippen LogP contribution in [0.15, 0.2) is 60.7 Å². The monoisotopic (exact) mass is 330 g/mol. The second-order valence-electron chi connectivity index (χ2n) is 5.82. The van der Waals surface area contributed by atoms with Crippen LogP contribution < -0.4 is 15.2 Å². The third-order valence-corrected chi connectivity index (χ3v) is 4.41. The van der Waals surface area contributed by atoms with Gasteiger partial charge in [-0.15, -0.1) is 0 Å². The van der Waals surface area contributed by atoms with Crippen LogP contribution in [-0.2, 0) is 0 Å². The van der Waals surface area contributed by atoms with Crippen molar-refractivity contribution in [3.63, 3.8) is 0 Å². The first-order valence-electron chi connectivity index (χ1n) is 8.02. The van der Waals surface area contributed by atoms with E-state index in [2.05, 4.69) is 12.1 Å². The topological polar surface area (TPSA) is 57.4 Å². The lowest BCUT2D eigenvalue weighted by atomic mass is 9.95. The molecular formula is C21H18N2O2. The first kappa shape index (κ1) is 15.3. The molecule has 0 saturated carbocycles. The van der Waals surface area contributed by atoms with E-state index in [-0.39, 0.29) is 0 Å². The van der Waals surface area contributed by atoms with E-state index in [1.54, 1.807) is 20.3 Å². The molecule has 25 heavy (non-hydrogen) atoms. The summed E-state index contributed by atoms with van der Waals surface area (Å²) in [7, 11) is 3.26. The Labute approximate surface area is 145 Å². The molecule has 1 heterocycles. The van der Waals surface area contributed by atoms with Crippen LogP contribution in [0, 0.1) is 0 Å². The van der Waals surface area contributed by atoms with Gasteiger partial charge in [-0.3, -0.25) is 0 Å². The molecule has 0 spiro atoms. The summed E-state index contributed by atoms with van der Waals surface area (Å²) in [5.41, 5.74) is 10.5. The molecule has 0 radical (unpaired) electrons. The van der Waals surface area contributed by atoms with E-state index in [9.17, 15) is 0 Å². The summed E-state index contributed by atoms with van der Waals surface area (Å²) in [6.07, 6.45) is 0. The lowest BCUT2D eigenvalue weighted by Gasteiger charge is -2.16. The minimum absolute atomic E-state index is 0.547. The van der Waals surface area contributed by atoms with Gasteiger partial charge in [0.15, 0.2) is 0 Å². The SMILES string of the molecule is COc1cc(-c2c3ccccc3nc3ccccc23)c(OC)cc1N. The van der Waals surface area contributed by atoms with Crippen molar-refractivity contribution in [3.05, 3.63) is 60.7 Å². The summed E-state index contributed by atoms with van der Waals surface area (Å²) in [5, 5.41) is 2.12. The van der Waals surface area contributed by atoms with Gasteiger partial charge in [0, 0.05) is 28.0 Å². The van der Waals surface area contributed by atoms with Gasteiger partial charge < -0.3 is 15.2 Å². The molecule has 0 atom stereocenters. The van der Waals surface area contributed by atoms with Crippen molar-refractivity contribution in [1.29, 1.82) is 0 Å². The van der Waals surface area contributed by atoms with E-state index < -0.39 is 0 Å². The number of nitrogen functional groups attached to an aromatic ring is 1. The number of pyridine rings is 1. The molecule has 0 amide bonds. The fraction of sp³-hybridized carbons (Fsp3) is 0.0952. The normalized spacial score (nSPS) is 11.0. The number of nitrogens with two attached hydrogens (primary N) is 1. The Hall–Kier alpha value is -3.27. The molecule has 4 nitrogen and oxygen atoms in total. The first-order chi connectivity index (χ1) is 12.2. The van der Waals surface area contributed by atoms with Gasteiger partial charge in [-0.2, -0.15) is 0 Å². The smallest absolute Gasteiger partial charge is 0.142 e. The van der Waals surface area contributed by atoms with Gasteiger partial charge in [0.1, 0.15) is 11.5 Å². The van der Waals surface area contributed by atoms with Gasteiger partial charge in [0.2, 0.25) is 0 Å². The molecule has 4 heteroatoms. The molecule has 0 unspecified atom stereocenters. The number of nitrogens with zero attached hydrogens (tertiary/aromatic N) is 1. The highest BCUT2D eigenvalue weighted by atomic mass is 16.5. The highest BCUT2D eigenvalue weighted by Gasteiger charge is 2.17. The van der Waals surface area contributed by atoms with E-state index in [4.69, 9.17) is 20.2 Å². The van der Waals surface area contributed by atoms with Gasteiger partial charge in [-0.1, -0.05) is 36.4 Å². The largest absolute Gasteiger partial charge is 0.496 e. The maximum Gasteiger partial charge on any atom is 0.142 e. The van der Waals surface area contributed by atoms with E-state index >= 15 is 0 Å². The number of para-hydroxylation sites is 2. The molecule has 3 aromatic carbocycles. The van der Waals surface area contributed by atoms with Gasteiger partial charge in [-0.25, -0.2) is 4.98 Å². The van der Waals surface area contributed by atoms with Gasteiger partial charge in [0.05, 0.1) is 30.9 Å². The van der Waals surface area contributed by atoms with Crippen LogP contribution >= 0.6 is 0 Å². The maximum atomic E-state index is 6.06. The molecule has 0 aliphatic rings. The zero-order valence-electron chi connectivity index (χ0n) is 14.1. The lowest BCUT2D eigenvalue weighted by Crippen LogP contribution is -1.97. The Morgan fingerprint density at radius 3 is 1.88 bits per heavy atom. The van der Waals surface area contributed by atoms with Crippen molar-refractivity contribution < 1.29 is 9.47 Å². The number of rotatable bonds is 3. The van der Waals surface area contributed by atoms with Crippen LogP contribution in [0.2, 0.25) is 0 Å².